The minimum Gasteiger partial charge on any atom is -0.504 e. The van der Waals surface area contributed by atoms with Gasteiger partial charge in [0.05, 0.1) is 11.7 Å². The van der Waals surface area contributed by atoms with Crippen LogP contribution in [0.3, 0.4) is 0 Å². The zero-order chi connectivity index (χ0) is 13.0. The number of carbonyl (C=O) groups is 1. The summed E-state index contributed by atoms with van der Waals surface area (Å²) in [6.07, 6.45) is 5.78. The number of nitrogens with one attached hydrogen (secondary N) is 1. The summed E-state index contributed by atoms with van der Waals surface area (Å²) >= 11 is 0. The summed E-state index contributed by atoms with van der Waals surface area (Å²) in [5.41, 5.74) is 0.255. The van der Waals surface area contributed by atoms with Gasteiger partial charge in [0.25, 0.3) is 5.91 Å². The van der Waals surface area contributed by atoms with Crippen molar-refractivity contribution in [3.8, 4) is 11.5 Å². The van der Waals surface area contributed by atoms with Crippen molar-refractivity contribution >= 4 is 5.91 Å². The van der Waals surface area contributed by atoms with Crippen LogP contribution in [0.1, 0.15) is 42.5 Å². The number of hydrogen-bond acceptors (Lipinski definition) is 3. The Morgan fingerprint density at radius 3 is 2.72 bits per heavy atom. The molecule has 0 atom stereocenters. The number of carbonyl (C=O) groups excluding carboxylic acids is 1. The van der Waals surface area contributed by atoms with E-state index in [0.717, 1.165) is 12.8 Å². The van der Waals surface area contributed by atoms with Crippen molar-refractivity contribution in [1.29, 1.82) is 0 Å². The molecule has 98 valence electrons. The molecule has 0 heterocycles. The van der Waals surface area contributed by atoms with Crippen molar-refractivity contribution in [2.24, 2.45) is 0 Å². The minimum atomic E-state index is -0.304. The second-order valence-electron chi connectivity index (χ2n) is 4.61. The van der Waals surface area contributed by atoms with Crippen LogP contribution >= 0.6 is 0 Å². The molecule has 1 aliphatic carbocycles. The largest absolute Gasteiger partial charge is 0.504 e. The lowest BCUT2D eigenvalue weighted by atomic mass is 9.98. The van der Waals surface area contributed by atoms with Gasteiger partial charge in [-0.15, -0.1) is 0 Å². The first-order valence-corrected chi connectivity index (χ1v) is 6.43. The number of para-hydroxylation sites is 1. The summed E-state index contributed by atoms with van der Waals surface area (Å²) in [5, 5.41) is 12.5. The fraction of sp³-hybridized carbons (Fsp3) is 0.500. The topological polar surface area (TPSA) is 58.6 Å². The molecule has 1 fully saturated rings. The third-order valence-electron chi connectivity index (χ3n) is 3.32. The highest BCUT2D eigenvalue weighted by atomic mass is 16.5. The fourth-order valence-corrected chi connectivity index (χ4v) is 2.30. The van der Waals surface area contributed by atoms with Crippen LogP contribution in [0.5, 0.6) is 11.5 Å². The normalized spacial score (nSPS) is 16.3. The van der Waals surface area contributed by atoms with E-state index < -0.39 is 0 Å². The van der Waals surface area contributed by atoms with Gasteiger partial charge in [-0.25, -0.2) is 0 Å². The molecule has 1 saturated carbocycles. The molecule has 0 spiro atoms. The van der Waals surface area contributed by atoms with Crippen molar-refractivity contribution in [3.05, 3.63) is 23.8 Å². The first-order valence-electron chi connectivity index (χ1n) is 6.43. The second kappa shape index (κ2) is 5.76. The zero-order valence-electron chi connectivity index (χ0n) is 10.6. The summed E-state index contributed by atoms with van der Waals surface area (Å²) in [4.78, 5) is 11.6. The summed E-state index contributed by atoms with van der Waals surface area (Å²) < 4.78 is 5.79. The van der Waals surface area contributed by atoms with Gasteiger partial charge in [0.1, 0.15) is 0 Å². The van der Waals surface area contributed by atoms with E-state index >= 15 is 0 Å². The molecule has 0 aromatic heterocycles. The van der Waals surface area contributed by atoms with Crippen LogP contribution in [-0.4, -0.2) is 24.2 Å². The zero-order valence-corrected chi connectivity index (χ0v) is 10.6. The summed E-state index contributed by atoms with van der Waals surface area (Å²) in [5.74, 6) is 0.0343. The van der Waals surface area contributed by atoms with Crippen LogP contribution in [0.15, 0.2) is 18.2 Å². The maximum Gasteiger partial charge on any atom is 0.254 e. The van der Waals surface area contributed by atoms with E-state index in [0.29, 0.717) is 5.75 Å². The molecule has 1 aromatic carbocycles. The quantitative estimate of drug-likeness (QED) is 0.865. The van der Waals surface area contributed by atoms with Gasteiger partial charge in [-0.3, -0.25) is 4.79 Å². The summed E-state index contributed by atoms with van der Waals surface area (Å²) in [6, 6.07) is 5.01. The van der Waals surface area contributed by atoms with Gasteiger partial charge in [0.15, 0.2) is 11.5 Å². The van der Waals surface area contributed by atoms with Crippen molar-refractivity contribution in [2.45, 2.75) is 38.2 Å². The predicted octanol–water partition coefficient (Wildman–Crippen LogP) is 2.46. The lowest BCUT2D eigenvalue weighted by Crippen LogP contribution is -2.21. The number of hydrogen-bond donors (Lipinski definition) is 2. The van der Waals surface area contributed by atoms with Crippen LogP contribution in [0, 0.1) is 0 Å². The van der Waals surface area contributed by atoms with Crippen molar-refractivity contribution in [2.75, 3.05) is 7.05 Å². The molecule has 0 unspecified atom stereocenters. The molecule has 0 radical (unpaired) electrons. The van der Waals surface area contributed by atoms with Crippen LogP contribution in [0.25, 0.3) is 0 Å². The smallest absolute Gasteiger partial charge is 0.254 e. The lowest BCUT2D eigenvalue weighted by molar-refractivity contribution is 0.0957. The summed E-state index contributed by atoms with van der Waals surface area (Å²) in [7, 11) is 1.54. The molecule has 18 heavy (non-hydrogen) atoms. The number of rotatable bonds is 3. The molecule has 0 saturated heterocycles. The van der Waals surface area contributed by atoms with E-state index in [2.05, 4.69) is 5.32 Å². The van der Waals surface area contributed by atoms with Gasteiger partial charge in [-0.1, -0.05) is 12.5 Å². The Labute approximate surface area is 107 Å². The van der Waals surface area contributed by atoms with Crippen LogP contribution < -0.4 is 10.1 Å². The van der Waals surface area contributed by atoms with Gasteiger partial charge < -0.3 is 15.2 Å². The van der Waals surface area contributed by atoms with Crippen molar-refractivity contribution < 1.29 is 14.6 Å². The fourth-order valence-electron chi connectivity index (χ4n) is 2.30. The van der Waals surface area contributed by atoms with Crippen molar-refractivity contribution in [1.82, 2.24) is 5.32 Å². The van der Waals surface area contributed by atoms with Crippen molar-refractivity contribution in [3.63, 3.8) is 0 Å². The maximum atomic E-state index is 11.6. The maximum absolute atomic E-state index is 11.6. The number of benzene rings is 1. The first kappa shape index (κ1) is 12.7. The van der Waals surface area contributed by atoms with Gasteiger partial charge in [-0.05, 0) is 37.8 Å². The SMILES string of the molecule is CNC(=O)c1cccc(OC2CCCCC2)c1O. The minimum absolute atomic E-state index is 0.0672. The van der Waals surface area contributed by atoms with Gasteiger partial charge >= 0.3 is 0 Å². The number of amides is 1. The predicted molar refractivity (Wildman–Crippen MR) is 69.0 cm³/mol. The molecule has 2 N–H and O–H groups in total. The van der Waals surface area contributed by atoms with Crippen LogP contribution in [-0.2, 0) is 0 Å². The lowest BCUT2D eigenvalue weighted by Gasteiger charge is -2.23. The van der Waals surface area contributed by atoms with E-state index in [1.165, 1.54) is 26.3 Å². The Morgan fingerprint density at radius 2 is 2.06 bits per heavy atom. The Balaban J connectivity index is 2.15. The number of ether oxygens (including phenoxy) is 1. The molecule has 0 aliphatic heterocycles. The third kappa shape index (κ3) is 2.75. The molecule has 0 bridgehead atoms. The van der Waals surface area contributed by atoms with Crippen LogP contribution in [0.2, 0.25) is 0 Å². The monoisotopic (exact) mass is 249 g/mol. The third-order valence-corrected chi connectivity index (χ3v) is 3.32. The molecule has 1 aliphatic rings. The highest BCUT2D eigenvalue weighted by molar-refractivity contribution is 5.97. The molecule has 2 rings (SSSR count). The average Bonchev–Trinajstić information content (AvgIpc) is 2.41. The number of phenols is 1. The van der Waals surface area contributed by atoms with Gasteiger partial charge in [0.2, 0.25) is 0 Å². The molecule has 1 amide bonds. The van der Waals surface area contributed by atoms with E-state index in [9.17, 15) is 9.90 Å². The summed E-state index contributed by atoms with van der Waals surface area (Å²) in [6.45, 7) is 0. The molecular formula is C14H19NO3. The second-order valence-corrected chi connectivity index (χ2v) is 4.61. The van der Waals surface area contributed by atoms with Gasteiger partial charge in [0, 0.05) is 7.05 Å². The number of aromatic hydroxyl groups is 1. The molecular weight excluding hydrogens is 230 g/mol. The standard InChI is InChI=1S/C14H19NO3/c1-15-14(17)11-8-5-9-12(13(11)16)18-10-6-3-2-4-7-10/h5,8-10,16H,2-4,6-7H2,1H3,(H,15,17). The molecule has 4 heteroatoms. The molecule has 1 aromatic rings. The average molecular weight is 249 g/mol. The first-order chi connectivity index (χ1) is 8.72. The highest BCUT2D eigenvalue weighted by Gasteiger charge is 2.19. The van der Waals surface area contributed by atoms with Crippen LogP contribution in [0.4, 0.5) is 0 Å². The Morgan fingerprint density at radius 1 is 1.33 bits per heavy atom. The molecule has 4 nitrogen and oxygen atoms in total. The van der Waals surface area contributed by atoms with E-state index in [-0.39, 0.29) is 23.3 Å². The number of phenolic OH excluding ortho intramolecular Hbond substituents is 1. The Bertz CT molecular complexity index is 425. The Kier molecular flexibility index (Phi) is 4.07. The highest BCUT2D eigenvalue weighted by Crippen LogP contribution is 2.32. The van der Waals surface area contributed by atoms with E-state index in [4.69, 9.17) is 4.74 Å². The Hall–Kier alpha value is -1.71. The van der Waals surface area contributed by atoms with E-state index in [1.54, 1.807) is 18.2 Å². The van der Waals surface area contributed by atoms with Gasteiger partial charge in [-0.2, -0.15) is 0 Å². The van der Waals surface area contributed by atoms with E-state index in [1.807, 2.05) is 0 Å².